The lowest BCUT2D eigenvalue weighted by molar-refractivity contribution is -0.143. The van der Waals surface area contributed by atoms with E-state index in [1.54, 1.807) is 6.08 Å². The molecule has 1 aromatic carbocycles. The largest absolute Gasteiger partial charge is 0.468 e. The van der Waals surface area contributed by atoms with Gasteiger partial charge in [-0.3, -0.25) is 10.2 Å². The molecular weight excluding hydrogens is 244 g/mol. The summed E-state index contributed by atoms with van der Waals surface area (Å²) < 4.78 is 4.81. The highest BCUT2D eigenvalue weighted by molar-refractivity contribution is 5.78. The molecule has 2 unspecified atom stereocenters. The van der Waals surface area contributed by atoms with Crippen molar-refractivity contribution in [2.24, 2.45) is 0 Å². The minimum atomic E-state index is -0.418. The van der Waals surface area contributed by atoms with Crippen LogP contribution >= 0.6 is 0 Å². The van der Waals surface area contributed by atoms with Crippen LogP contribution in [0.25, 0.3) is 0 Å². The van der Waals surface area contributed by atoms with Gasteiger partial charge >= 0.3 is 5.97 Å². The van der Waals surface area contributed by atoms with Crippen LogP contribution in [-0.4, -0.2) is 26.2 Å². The number of hydrogen-bond donors (Lipinski definition) is 2. The van der Waals surface area contributed by atoms with E-state index in [1.807, 2.05) is 24.3 Å². The van der Waals surface area contributed by atoms with Gasteiger partial charge in [0.05, 0.1) is 19.8 Å². The number of nitrogens with one attached hydrogen (secondary N) is 2. The van der Waals surface area contributed by atoms with Gasteiger partial charge in [-0.1, -0.05) is 30.3 Å². The van der Waals surface area contributed by atoms with Crippen LogP contribution in [0, 0.1) is 0 Å². The maximum atomic E-state index is 11.7. The molecule has 2 N–H and O–H groups in total. The molecule has 0 radical (unpaired) electrons. The highest BCUT2D eigenvalue weighted by Gasteiger charge is 2.31. The number of ether oxygens (including phenoxy) is 1. The van der Waals surface area contributed by atoms with Crippen LogP contribution in [0.4, 0.5) is 0 Å². The lowest BCUT2D eigenvalue weighted by Gasteiger charge is -2.31. The van der Waals surface area contributed by atoms with Crippen molar-refractivity contribution in [1.82, 2.24) is 10.8 Å². The zero-order valence-electron chi connectivity index (χ0n) is 10.9. The SMILES string of the molecule is C=CCONC1CNC(C(=O)OC)c2ccccc21. The molecule has 0 amide bonds. The van der Waals surface area contributed by atoms with Crippen LogP contribution in [0.3, 0.4) is 0 Å². The van der Waals surface area contributed by atoms with Gasteiger partial charge in [-0.25, -0.2) is 4.79 Å². The molecule has 1 aliphatic rings. The summed E-state index contributed by atoms with van der Waals surface area (Å²) >= 11 is 0. The van der Waals surface area contributed by atoms with Crippen LogP contribution < -0.4 is 10.8 Å². The average Bonchev–Trinajstić information content (AvgIpc) is 2.47. The predicted octanol–water partition coefficient (Wildman–Crippen LogP) is 1.25. The molecule has 2 rings (SSSR count). The third-order valence-electron chi connectivity index (χ3n) is 3.07. The quantitative estimate of drug-likeness (QED) is 0.362. The molecule has 1 aliphatic heterocycles. The molecule has 0 saturated heterocycles. The van der Waals surface area contributed by atoms with Gasteiger partial charge in [0.25, 0.3) is 0 Å². The molecule has 2 atom stereocenters. The summed E-state index contributed by atoms with van der Waals surface area (Å²) in [6, 6.07) is 7.34. The third kappa shape index (κ3) is 3.01. The Hall–Kier alpha value is -1.69. The Bertz CT molecular complexity index is 462. The molecule has 0 aromatic heterocycles. The second-order valence-corrected chi connectivity index (χ2v) is 4.26. The molecule has 102 valence electrons. The molecular formula is C14H18N2O3. The Morgan fingerprint density at radius 3 is 2.95 bits per heavy atom. The van der Waals surface area contributed by atoms with Crippen molar-refractivity contribution in [2.45, 2.75) is 12.1 Å². The number of methoxy groups -OCH3 is 1. The summed E-state index contributed by atoms with van der Waals surface area (Å²) in [6.07, 6.45) is 1.67. The number of fused-ring (bicyclic) bond motifs is 1. The van der Waals surface area contributed by atoms with E-state index in [0.717, 1.165) is 11.1 Å². The standard InChI is InChI=1S/C14H18N2O3/c1-3-8-19-16-12-9-15-13(14(17)18-2)11-7-5-4-6-10(11)12/h3-7,12-13,15-16H,1,8-9H2,2H3. The van der Waals surface area contributed by atoms with Gasteiger partial charge in [0, 0.05) is 6.54 Å². The van der Waals surface area contributed by atoms with E-state index in [-0.39, 0.29) is 12.0 Å². The molecule has 0 fully saturated rings. The van der Waals surface area contributed by atoms with Gasteiger partial charge in [0.2, 0.25) is 0 Å². The van der Waals surface area contributed by atoms with Crippen molar-refractivity contribution in [2.75, 3.05) is 20.3 Å². The van der Waals surface area contributed by atoms with Crippen LogP contribution in [-0.2, 0) is 14.4 Å². The molecule has 19 heavy (non-hydrogen) atoms. The average molecular weight is 262 g/mol. The fraction of sp³-hybridized carbons (Fsp3) is 0.357. The van der Waals surface area contributed by atoms with Crippen LogP contribution in [0.15, 0.2) is 36.9 Å². The van der Waals surface area contributed by atoms with Gasteiger partial charge in [0.1, 0.15) is 6.04 Å². The smallest absolute Gasteiger partial charge is 0.327 e. The van der Waals surface area contributed by atoms with E-state index >= 15 is 0 Å². The molecule has 5 nitrogen and oxygen atoms in total. The first-order valence-electron chi connectivity index (χ1n) is 6.16. The van der Waals surface area contributed by atoms with Crippen molar-refractivity contribution < 1.29 is 14.4 Å². The van der Waals surface area contributed by atoms with Crippen LogP contribution in [0.5, 0.6) is 0 Å². The Labute approximate surface area is 112 Å². The summed E-state index contributed by atoms with van der Waals surface area (Å²) in [5, 5.41) is 3.16. The predicted molar refractivity (Wildman–Crippen MR) is 71.2 cm³/mol. The number of benzene rings is 1. The zero-order chi connectivity index (χ0) is 13.7. The molecule has 1 heterocycles. The van der Waals surface area contributed by atoms with Crippen molar-refractivity contribution >= 4 is 5.97 Å². The molecule has 0 bridgehead atoms. The van der Waals surface area contributed by atoms with E-state index < -0.39 is 6.04 Å². The van der Waals surface area contributed by atoms with Crippen molar-refractivity contribution in [3.8, 4) is 0 Å². The fourth-order valence-electron chi connectivity index (χ4n) is 2.19. The second-order valence-electron chi connectivity index (χ2n) is 4.26. The topological polar surface area (TPSA) is 59.6 Å². The van der Waals surface area contributed by atoms with Gasteiger partial charge in [-0.05, 0) is 11.1 Å². The summed E-state index contributed by atoms with van der Waals surface area (Å²) in [7, 11) is 1.39. The molecule has 0 saturated carbocycles. The van der Waals surface area contributed by atoms with Crippen molar-refractivity contribution in [1.29, 1.82) is 0 Å². The van der Waals surface area contributed by atoms with Gasteiger partial charge in [0.15, 0.2) is 0 Å². The van der Waals surface area contributed by atoms with Gasteiger partial charge in [-0.15, -0.1) is 6.58 Å². The lowest BCUT2D eigenvalue weighted by atomic mass is 9.91. The van der Waals surface area contributed by atoms with Crippen LogP contribution in [0.2, 0.25) is 0 Å². The Kier molecular flexibility index (Phi) is 4.68. The number of carbonyl (C=O) groups excluding carboxylic acids is 1. The number of carbonyl (C=O) groups is 1. The number of esters is 1. The molecule has 1 aromatic rings. The maximum Gasteiger partial charge on any atom is 0.327 e. The lowest BCUT2D eigenvalue weighted by Crippen LogP contribution is -2.42. The molecule has 0 spiro atoms. The van der Waals surface area contributed by atoms with E-state index in [2.05, 4.69) is 17.4 Å². The molecule has 5 heteroatoms. The highest BCUT2D eigenvalue weighted by Crippen LogP contribution is 2.29. The van der Waals surface area contributed by atoms with Crippen LogP contribution in [0.1, 0.15) is 23.2 Å². The number of rotatable bonds is 5. The minimum Gasteiger partial charge on any atom is -0.468 e. The van der Waals surface area contributed by atoms with Gasteiger partial charge in [-0.2, -0.15) is 5.48 Å². The normalized spacial score (nSPS) is 21.5. The Morgan fingerprint density at radius 2 is 2.26 bits per heavy atom. The first-order chi connectivity index (χ1) is 9.27. The van der Waals surface area contributed by atoms with E-state index in [4.69, 9.17) is 9.57 Å². The fourth-order valence-corrected chi connectivity index (χ4v) is 2.19. The first kappa shape index (κ1) is 13.7. The first-order valence-corrected chi connectivity index (χ1v) is 6.16. The number of hydroxylamine groups is 1. The summed E-state index contributed by atoms with van der Waals surface area (Å²) in [5.74, 6) is -0.280. The zero-order valence-corrected chi connectivity index (χ0v) is 10.9. The van der Waals surface area contributed by atoms with E-state index in [9.17, 15) is 4.79 Å². The Morgan fingerprint density at radius 1 is 1.53 bits per heavy atom. The summed E-state index contributed by atoms with van der Waals surface area (Å²) in [4.78, 5) is 17.0. The minimum absolute atomic E-state index is 0.00273. The van der Waals surface area contributed by atoms with E-state index in [1.165, 1.54) is 7.11 Å². The number of hydrogen-bond acceptors (Lipinski definition) is 5. The second kappa shape index (κ2) is 6.47. The Balaban J connectivity index is 2.19. The monoisotopic (exact) mass is 262 g/mol. The molecule has 0 aliphatic carbocycles. The highest BCUT2D eigenvalue weighted by atomic mass is 16.6. The van der Waals surface area contributed by atoms with Crippen molar-refractivity contribution in [3.05, 3.63) is 48.0 Å². The summed E-state index contributed by atoms with van der Waals surface area (Å²) in [5.41, 5.74) is 4.93. The van der Waals surface area contributed by atoms with E-state index in [0.29, 0.717) is 13.2 Å². The maximum absolute atomic E-state index is 11.7. The summed E-state index contributed by atoms with van der Waals surface area (Å²) in [6.45, 7) is 4.61. The van der Waals surface area contributed by atoms with Crippen molar-refractivity contribution in [3.63, 3.8) is 0 Å². The van der Waals surface area contributed by atoms with Gasteiger partial charge < -0.3 is 4.74 Å². The third-order valence-corrected chi connectivity index (χ3v) is 3.07.